The number of para-hydroxylation sites is 1. The molecule has 0 aliphatic heterocycles. The lowest BCUT2D eigenvalue weighted by Gasteiger charge is -1.97. The van der Waals surface area contributed by atoms with Crippen LogP contribution in [0.4, 0.5) is 5.69 Å². The van der Waals surface area contributed by atoms with Crippen LogP contribution in [-0.2, 0) is 7.05 Å². The first kappa shape index (κ1) is 8.90. The zero-order valence-corrected chi connectivity index (χ0v) is 8.70. The van der Waals surface area contributed by atoms with Gasteiger partial charge >= 0.3 is 0 Å². The number of nitrogens with zero attached hydrogens (tertiary/aromatic N) is 5. The normalized spacial score (nSPS) is 11.1. The molecule has 1 aromatic carbocycles. The van der Waals surface area contributed by atoms with Crippen LogP contribution in [-0.4, -0.2) is 24.8 Å². The molecular weight excluding hydrogens is 204 g/mol. The van der Waals surface area contributed by atoms with E-state index in [1.165, 1.54) is 0 Å². The fourth-order valence-corrected chi connectivity index (χ4v) is 1.69. The Morgan fingerprint density at radius 2 is 2.06 bits per heavy atom. The predicted octanol–water partition coefficient (Wildman–Crippen LogP) is 0.736. The molecule has 0 aliphatic rings. The van der Waals surface area contributed by atoms with Gasteiger partial charge in [0.25, 0.3) is 0 Å². The van der Waals surface area contributed by atoms with Crippen molar-refractivity contribution < 1.29 is 0 Å². The highest BCUT2D eigenvalue weighted by molar-refractivity contribution is 5.76. The summed E-state index contributed by atoms with van der Waals surface area (Å²) in [6.45, 7) is 0. The van der Waals surface area contributed by atoms with E-state index in [1.807, 2.05) is 31.3 Å². The lowest BCUT2D eigenvalue weighted by Crippen LogP contribution is -2.01. The zero-order valence-electron chi connectivity index (χ0n) is 8.70. The predicted molar refractivity (Wildman–Crippen MR) is 60.0 cm³/mol. The number of nitrogens with two attached hydrogens (primary N) is 1. The van der Waals surface area contributed by atoms with Gasteiger partial charge in [-0.2, -0.15) is 9.78 Å². The fourth-order valence-electron chi connectivity index (χ4n) is 1.69. The van der Waals surface area contributed by atoms with Crippen LogP contribution in [0.2, 0.25) is 0 Å². The average molecular weight is 214 g/mol. The lowest BCUT2D eigenvalue weighted by atomic mass is 10.3. The quantitative estimate of drug-likeness (QED) is 0.648. The van der Waals surface area contributed by atoms with Gasteiger partial charge in [0.15, 0.2) is 5.82 Å². The Hall–Kier alpha value is -2.37. The molecule has 0 atom stereocenters. The van der Waals surface area contributed by atoms with Gasteiger partial charge in [0.1, 0.15) is 5.52 Å². The molecule has 0 aliphatic carbocycles. The van der Waals surface area contributed by atoms with Gasteiger partial charge in [0.05, 0.1) is 11.2 Å². The van der Waals surface area contributed by atoms with E-state index in [4.69, 9.17) is 5.73 Å². The topological polar surface area (TPSA) is 74.5 Å². The number of aryl methyl sites for hydroxylation is 1. The Morgan fingerprint density at radius 3 is 2.81 bits per heavy atom. The van der Waals surface area contributed by atoms with Gasteiger partial charge < -0.3 is 5.73 Å². The number of nitrogen functional groups attached to an aromatic ring is 1. The summed E-state index contributed by atoms with van der Waals surface area (Å²) in [6.07, 6.45) is 1.74. The van der Waals surface area contributed by atoms with Crippen LogP contribution >= 0.6 is 0 Å². The molecule has 0 saturated heterocycles. The van der Waals surface area contributed by atoms with Crippen LogP contribution in [0.3, 0.4) is 0 Å². The zero-order chi connectivity index (χ0) is 11.1. The number of hydrogen-bond donors (Lipinski definition) is 1. The molecule has 0 unspecified atom stereocenters. The van der Waals surface area contributed by atoms with Crippen molar-refractivity contribution >= 4 is 16.7 Å². The van der Waals surface area contributed by atoms with Gasteiger partial charge in [0, 0.05) is 13.2 Å². The van der Waals surface area contributed by atoms with Crippen molar-refractivity contribution in [1.82, 2.24) is 24.8 Å². The van der Waals surface area contributed by atoms with E-state index in [1.54, 1.807) is 15.6 Å². The van der Waals surface area contributed by atoms with Gasteiger partial charge in [0.2, 0.25) is 0 Å². The Labute approximate surface area is 91.3 Å². The number of hydrogen-bond acceptors (Lipinski definition) is 4. The molecule has 0 radical (unpaired) electrons. The largest absolute Gasteiger partial charge is 0.394 e. The van der Waals surface area contributed by atoms with Crippen molar-refractivity contribution in [2.45, 2.75) is 0 Å². The fraction of sp³-hybridized carbons (Fsp3) is 0.100. The summed E-state index contributed by atoms with van der Waals surface area (Å²) in [5.74, 6) is 0.608. The molecule has 0 saturated carbocycles. The van der Waals surface area contributed by atoms with E-state index in [9.17, 15) is 0 Å². The van der Waals surface area contributed by atoms with E-state index < -0.39 is 0 Å². The number of benzene rings is 1. The summed E-state index contributed by atoms with van der Waals surface area (Å²) in [7, 11) is 1.82. The van der Waals surface area contributed by atoms with Crippen molar-refractivity contribution in [3.63, 3.8) is 0 Å². The molecule has 0 fully saturated rings. The second kappa shape index (κ2) is 3.06. The highest BCUT2D eigenvalue weighted by Crippen LogP contribution is 2.18. The molecule has 0 spiro atoms. The first-order chi connectivity index (χ1) is 7.75. The minimum atomic E-state index is 0.582. The smallest absolute Gasteiger partial charge is 0.200 e. The highest BCUT2D eigenvalue weighted by Gasteiger charge is 2.11. The maximum atomic E-state index is 5.85. The number of anilines is 1. The lowest BCUT2D eigenvalue weighted by molar-refractivity contribution is 0.723. The van der Waals surface area contributed by atoms with E-state index in [2.05, 4.69) is 15.4 Å². The maximum absolute atomic E-state index is 5.85. The molecule has 0 bridgehead atoms. The molecule has 3 aromatic rings. The minimum Gasteiger partial charge on any atom is -0.394 e. The van der Waals surface area contributed by atoms with Gasteiger partial charge in [-0.15, -0.1) is 5.10 Å². The van der Waals surface area contributed by atoms with Crippen LogP contribution in [0.25, 0.3) is 16.9 Å². The van der Waals surface area contributed by atoms with E-state index in [0.29, 0.717) is 11.5 Å². The Balaban J connectivity index is 2.30. The molecule has 2 N–H and O–H groups in total. The van der Waals surface area contributed by atoms with Crippen molar-refractivity contribution in [2.75, 3.05) is 5.73 Å². The minimum absolute atomic E-state index is 0.582. The van der Waals surface area contributed by atoms with Crippen molar-refractivity contribution in [1.29, 1.82) is 0 Å². The Bertz CT molecular complexity index is 650. The molecule has 2 heterocycles. The molecule has 6 nitrogen and oxygen atoms in total. The van der Waals surface area contributed by atoms with Gasteiger partial charge in [-0.05, 0) is 12.1 Å². The molecule has 6 heteroatoms. The summed E-state index contributed by atoms with van der Waals surface area (Å²) in [4.78, 5) is 0. The summed E-state index contributed by atoms with van der Waals surface area (Å²) < 4.78 is 3.30. The van der Waals surface area contributed by atoms with Crippen LogP contribution in [0.1, 0.15) is 0 Å². The van der Waals surface area contributed by atoms with Crippen LogP contribution in [0.5, 0.6) is 0 Å². The molecule has 16 heavy (non-hydrogen) atoms. The standard InChI is InChI=1S/C10H10N6/c1-15-6-7(11)10(13-15)16-9-5-3-2-4-8(9)12-14-16/h2-6H,11H2,1H3. The van der Waals surface area contributed by atoms with Gasteiger partial charge in [-0.1, -0.05) is 17.3 Å². The second-order valence-corrected chi connectivity index (χ2v) is 3.57. The summed E-state index contributed by atoms with van der Waals surface area (Å²) in [5, 5.41) is 12.4. The maximum Gasteiger partial charge on any atom is 0.200 e. The SMILES string of the molecule is Cn1cc(N)c(-n2nnc3ccccc32)n1. The van der Waals surface area contributed by atoms with E-state index in [-0.39, 0.29) is 0 Å². The van der Waals surface area contributed by atoms with Crippen LogP contribution < -0.4 is 5.73 Å². The Morgan fingerprint density at radius 1 is 1.25 bits per heavy atom. The summed E-state index contributed by atoms with van der Waals surface area (Å²) in [5.41, 5.74) is 8.16. The van der Waals surface area contributed by atoms with Gasteiger partial charge in [-0.3, -0.25) is 4.68 Å². The molecule has 3 rings (SSSR count). The van der Waals surface area contributed by atoms with Crippen LogP contribution in [0, 0.1) is 0 Å². The first-order valence-electron chi connectivity index (χ1n) is 4.85. The summed E-state index contributed by atoms with van der Waals surface area (Å²) in [6, 6.07) is 7.69. The highest BCUT2D eigenvalue weighted by atomic mass is 15.5. The average Bonchev–Trinajstić information content (AvgIpc) is 2.81. The number of aromatic nitrogens is 5. The third-order valence-corrected chi connectivity index (χ3v) is 2.39. The molecular formula is C10H10N6. The molecule has 2 aromatic heterocycles. The van der Waals surface area contributed by atoms with Crippen molar-refractivity contribution in [2.24, 2.45) is 7.05 Å². The third kappa shape index (κ3) is 1.16. The van der Waals surface area contributed by atoms with Crippen molar-refractivity contribution in [3.05, 3.63) is 30.5 Å². The van der Waals surface area contributed by atoms with Crippen LogP contribution in [0.15, 0.2) is 30.5 Å². The van der Waals surface area contributed by atoms with E-state index in [0.717, 1.165) is 11.0 Å². The third-order valence-electron chi connectivity index (χ3n) is 2.39. The second-order valence-electron chi connectivity index (χ2n) is 3.57. The monoisotopic (exact) mass is 214 g/mol. The molecule has 80 valence electrons. The number of rotatable bonds is 1. The van der Waals surface area contributed by atoms with Gasteiger partial charge in [-0.25, -0.2) is 0 Å². The Kier molecular flexibility index (Phi) is 1.70. The summed E-state index contributed by atoms with van der Waals surface area (Å²) >= 11 is 0. The van der Waals surface area contributed by atoms with E-state index >= 15 is 0 Å². The number of fused-ring (bicyclic) bond motifs is 1. The molecule has 0 amide bonds. The van der Waals surface area contributed by atoms with Crippen molar-refractivity contribution in [3.8, 4) is 5.82 Å². The first-order valence-corrected chi connectivity index (χ1v) is 4.85.